The predicted octanol–water partition coefficient (Wildman–Crippen LogP) is 4.47. The average Bonchev–Trinajstić information content (AvgIpc) is 3.13. The highest BCUT2D eigenvalue weighted by atomic mass is 32.2. The molecule has 0 aromatic heterocycles. The lowest BCUT2D eigenvalue weighted by atomic mass is 9.89. The highest BCUT2D eigenvalue weighted by Gasteiger charge is 2.41. The summed E-state index contributed by atoms with van der Waals surface area (Å²) < 4.78 is 28.2. The van der Waals surface area contributed by atoms with Crippen LogP contribution in [0.25, 0.3) is 0 Å². The zero-order valence-electron chi connectivity index (χ0n) is 15.9. The molecule has 0 aliphatic carbocycles. The standard InChI is InChI=1S/C22H27NO4S/c24-21(25)15-9-2-6-12-19-16-17-23(22(19)18-10-4-1-5-11-18)28(26,27)20-13-7-3-8-14-20/h1,3-5,7-8,10-11,13-14,19,22H,2,6,9,12,15-17H2,(H,24,25). The second-order valence-corrected chi connectivity index (χ2v) is 9.22. The average molecular weight is 402 g/mol. The summed E-state index contributed by atoms with van der Waals surface area (Å²) in [5, 5.41) is 8.77. The van der Waals surface area contributed by atoms with Crippen molar-refractivity contribution in [1.29, 1.82) is 0 Å². The lowest BCUT2D eigenvalue weighted by Crippen LogP contribution is -2.32. The minimum Gasteiger partial charge on any atom is -0.481 e. The van der Waals surface area contributed by atoms with Crippen LogP contribution in [-0.2, 0) is 14.8 Å². The molecule has 2 atom stereocenters. The molecule has 0 bridgehead atoms. The zero-order chi connectivity index (χ0) is 20.0. The van der Waals surface area contributed by atoms with Crippen molar-refractivity contribution in [3.63, 3.8) is 0 Å². The Morgan fingerprint density at radius 1 is 0.964 bits per heavy atom. The number of nitrogens with zero attached hydrogens (tertiary/aromatic N) is 1. The number of rotatable bonds is 9. The van der Waals surface area contributed by atoms with Crippen molar-refractivity contribution in [1.82, 2.24) is 4.31 Å². The summed E-state index contributed by atoms with van der Waals surface area (Å²) in [6.45, 7) is 0.510. The Balaban J connectivity index is 1.78. The third kappa shape index (κ3) is 4.80. The summed E-state index contributed by atoms with van der Waals surface area (Å²) in [6, 6.07) is 18.3. The van der Waals surface area contributed by atoms with E-state index in [4.69, 9.17) is 5.11 Å². The summed E-state index contributed by atoms with van der Waals surface area (Å²) in [4.78, 5) is 11.0. The van der Waals surface area contributed by atoms with Gasteiger partial charge in [0, 0.05) is 13.0 Å². The van der Waals surface area contributed by atoms with E-state index in [-0.39, 0.29) is 18.4 Å². The molecule has 0 amide bonds. The molecule has 2 aromatic rings. The van der Waals surface area contributed by atoms with Crippen LogP contribution in [-0.4, -0.2) is 30.3 Å². The van der Waals surface area contributed by atoms with Gasteiger partial charge in [0.2, 0.25) is 10.0 Å². The van der Waals surface area contributed by atoms with Crippen molar-refractivity contribution >= 4 is 16.0 Å². The van der Waals surface area contributed by atoms with Crippen molar-refractivity contribution in [3.8, 4) is 0 Å². The molecule has 1 N–H and O–H groups in total. The number of carboxylic acid groups (broad SMARTS) is 1. The number of aliphatic carboxylic acids is 1. The van der Waals surface area contributed by atoms with E-state index in [2.05, 4.69) is 0 Å². The molecule has 1 fully saturated rings. The third-order valence-electron chi connectivity index (χ3n) is 5.43. The van der Waals surface area contributed by atoms with Crippen LogP contribution in [0.15, 0.2) is 65.6 Å². The van der Waals surface area contributed by atoms with Gasteiger partial charge in [0.15, 0.2) is 0 Å². The lowest BCUT2D eigenvalue weighted by molar-refractivity contribution is -0.137. The maximum atomic E-state index is 13.3. The van der Waals surface area contributed by atoms with Gasteiger partial charge in [0.05, 0.1) is 10.9 Å². The topological polar surface area (TPSA) is 74.7 Å². The van der Waals surface area contributed by atoms with Crippen LogP contribution in [0.3, 0.4) is 0 Å². The highest BCUT2D eigenvalue weighted by Crippen LogP contribution is 2.43. The Morgan fingerprint density at radius 2 is 1.61 bits per heavy atom. The number of hydrogen-bond acceptors (Lipinski definition) is 3. The van der Waals surface area contributed by atoms with Crippen LogP contribution < -0.4 is 0 Å². The van der Waals surface area contributed by atoms with Crippen molar-refractivity contribution < 1.29 is 18.3 Å². The van der Waals surface area contributed by atoms with E-state index < -0.39 is 16.0 Å². The fourth-order valence-electron chi connectivity index (χ4n) is 4.07. The van der Waals surface area contributed by atoms with Crippen LogP contribution in [0.2, 0.25) is 0 Å². The second-order valence-electron chi connectivity index (χ2n) is 7.33. The van der Waals surface area contributed by atoms with Crippen molar-refractivity contribution in [2.24, 2.45) is 5.92 Å². The fourth-order valence-corrected chi connectivity index (χ4v) is 5.78. The molecule has 2 unspecified atom stereocenters. The molecule has 0 radical (unpaired) electrons. The monoisotopic (exact) mass is 401 g/mol. The van der Waals surface area contributed by atoms with Crippen LogP contribution in [0.5, 0.6) is 0 Å². The van der Waals surface area contributed by atoms with Crippen molar-refractivity contribution in [2.75, 3.05) is 6.54 Å². The molecule has 150 valence electrons. The molecule has 5 nitrogen and oxygen atoms in total. The van der Waals surface area contributed by atoms with Gasteiger partial charge in [-0.2, -0.15) is 4.31 Å². The van der Waals surface area contributed by atoms with Gasteiger partial charge in [-0.1, -0.05) is 61.4 Å². The van der Waals surface area contributed by atoms with E-state index in [1.807, 2.05) is 36.4 Å². The van der Waals surface area contributed by atoms with E-state index in [0.717, 1.165) is 31.2 Å². The molecule has 1 heterocycles. The molecule has 3 rings (SSSR count). The molecule has 1 aliphatic rings. The summed E-state index contributed by atoms with van der Waals surface area (Å²) >= 11 is 0. The van der Waals surface area contributed by atoms with Crippen molar-refractivity contribution in [2.45, 2.75) is 49.5 Å². The van der Waals surface area contributed by atoms with E-state index >= 15 is 0 Å². The molecule has 6 heteroatoms. The summed E-state index contributed by atoms with van der Waals surface area (Å²) in [7, 11) is -3.56. The second kappa shape index (κ2) is 9.34. The molecule has 0 saturated carbocycles. The SMILES string of the molecule is O=C(O)CCCCCC1CCN(S(=O)(=O)c2ccccc2)C1c1ccccc1. The summed E-state index contributed by atoms with van der Waals surface area (Å²) in [5.41, 5.74) is 1.02. The first-order chi connectivity index (χ1) is 13.5. The predicted molar refractivity (Wildman–Crippen MR) is 108 cm³/mol. The Bertz CT molecular complexity index is 868. The molecule has 1 saturated heterocycles. The zero-order valence-corrected chi connectivity index (χ0v) is 16.7. The van der Waals surface area contributed by atoms with Gasteiger partial charge in [-0.15, -0.1) is 0 Å². The van der Waals surface area contributed by atoms with Crippen LogP contribution in [0, 0.1) is 5.92 Å². The maximum absolute atomic E-state index is 13.3. The Hall–Kier alpha value is -2.18. The Labute approximate surface area is 167 Å². The first kappa shape index (κ1) is 20.6. The van der Waals surface area contributed by atoms with Crippen LogP contribution in [0.1, 0.15) is 50.1 Å². The van der Waals surface area contributed by atoms with Gasteiger partial charge < -0.3 is 5.11 Å². The molecule has 0 spiro atoms. The Kier molecular flexibility index (Phi) is 6.86. The molecular formula is C22H27NO4S. The normalized spacial score (nSPS) is 20.3. The number of hydrogen-bond donors (Lipinski definition) is 1. The van der Waals surface area contributed by atoms with E-state index in [9.17, 15) is 13.2 Å². The van der Waals surface area contributed by atoms with Crippen LogP contribution in [0.4, 0.5) is 0 Å². The number of carboxylic acids is 1. The van der Waals surface area contributed by atoms with Gasteiger partial charge in [0.1, 0.15) is 0 Å². The maximum Gasteiger partial charge on any atom is 0.303 e. The quantitative estimate of drug-likeness (QED) is 0.629. The first-order valence-corrected chi connectivity index (χ1v) is 11.3. The largest absolute Gasteiger partial charge is 0.481 e. The molecule has 2 aromatic carbocycles. The smallest absolute Gasteiger partial charge is 0.303 e. The highest BCUT2D eigenvalue weighted by molar-refractivity contribution is 7.89. The molecule has 1 aliphatic heterocycles. The number of unbranched alkanes of at least 4 members (excludes halogenated alkanes) is 2. The number of carbonyl (C=O) groups is 1. The van der Waals surface area contributed by atoms with Gasteiger partial charge in [-0.3, -0.25) is 4.79 Å². The molecule has 28 heavy (non-hydrogen) atoms. The fraction of sp³-hybridized carbons (Fsp3) is 0.409. The van der Waals surface area contributed by atoms with E-state index in [1.165, 1.54) is 0 Å². The van der Waals surface area contributed by atoms with Gasteiger partial charge in [-0.25, -0.2) is 8.42 Å². The minimum absolute atomic E-state index is 0.175. The number of sulfonamides is 1. The molecular weight excluding hydrogens is 374 g/mol. The van der Waals surface area contributed by atoms with Gasteiger partial charge in [-0.05, 0) is 42.9 Å². The third-order valence-corrected chi connectivity index (χ3v) is 7.33. The van der Waals surface area contributed by atoms with E-state index in [1.54, 1.807) is 28.6 Å². The summed E-state index contributed by atoms with van der Waals surface area (Å²) in [5.74, 6) is -0.520. The van der Waals surface area contributed by atoms with E-state index in [0.29, 0.717) is 17.9 Å². The minimum atomic E-state index is -3.56. The van der Waals surface area contributed by atoms with Gasteiger partial charge in [0.25, 0.3) is 0 Å². The van der Waals surface area contributed by atoms with Gasteiger partial charge >= 0.3 is 5.97 Å². The van der Waals surface area contributed by atoms with Crippen molar-refractivity contribution in [3.05, 3.63) is 66.2 Å². The van der Waals surface area contributed by atoms with Crippen LogP contribution >= 0.6 is 0 Å². The lowest BCUT2D eigenvalue weighted by Gasteiger charge is -2.28. The first-order valence-electron chi connectivity index (χ1n) is 9.84. The number of benzene rings is 2. The summed E-state index contributed by atoms with van der Waals surface area (Å²) in [6.07, 6.45) is 4.37. The Morgan fingerprint density at radius 3 is 2.25 bits per heavy atom.